The van der Waals surface area contributed by atoms with Gasteiger partial charge in [0, 0.05) is 101 Å². The van der Waals surface area contributed by atoms with Crippen LogP contribution in [-0.2, 0) is 77.1 Å². The predicted molar refractivity (Wildman–Crippen MR) is 489 cm³/mol. The molecule has 3 saturated heterocycles. The largest absolute Gasteiger partial charge is 1.00 e. The molecule has 3 fully saturated rings. The van der Waals surface area contributed by atoms with E-state index in [1.54, 1.807) is 12.3 Å². The third kappa shape index (κ3) is 31.6. The number of hydrogen-bond acceptors (Lipinski definition) is 26. The van der Waals surface area contributed by atoms with Gasteiger partial charge in [-0.2, -0.15) is 20.5 Å². The number of pyridine rings is 5. The first-order chi connectivity index (χ1) is 60.5. The normalized spacial score (nSPS) is 15.3. The maximum Gasteiger partial charge on any atom is 1.00 e. The van der Waals surface area contributed by atoms with E-state index >= 15 is 0 Å². The predicted octanol–water partition coefficient (Wildman–Crippen LogP) is 16.6. The van der Waals surface area contributed by atoms with Crippen LogP contribution in [0.2, 0.25) is 25.8 Å². The van der Waals surface area contributed by atoms with Gasteiger partial charge >= 0.3 is 78.2 Å². The number of nitrogen functional groups attached to an aromatic ring is 1. The molecule has 714 valence electrons. The summed E-state index contributed by atoms with van der Waals surface area (Å²) in [6.45, 7) is 23.7. The molecule has 3 aliphatic rings. The monoisotopic (exact) mass is 2360 g/mol. The minimum absolute atomic E-state index is 0. The molecular formula is C73H68B3Br4Cl6F10KN12O19S5. The van der Waals surface area contributed by atoms with Crippen molar-refractivity contribution in [3.63, 3.8) is 0 Å². The van der Waals surface area contributed by atoms with Gasteiger partial charge in [0.25, 0.3) is 49.1 Å². The molecule has 10 aromatic rings. The van der Waals surface area contributed by atoms with E-state index in [2.05, 4.69) is 104 Å². The van der Waals surface area contributed by atoms with Crippen LogP contribution in [0.1, 0.15) is 83.1 Å². The zero-order valence-corrected chi connectivity index (χ0v) is 88.4. The van der Waals surface area contributed by atoms with Gasteiger partial charge in [0.2, 0.25) is 5.15 Å². The molecule has 0 aliphatic carbocycles. The Bertz CT molecular complexity index is 6410. The van der Waals surface area contributed by atoms with Crippen LogP contribution in [0.3, 0.4) is 0 Å². The molecule has 0 amide bonds. The van der Waals surface area contributed by atoms with Crippen LogP contribution in [0.5, 0.6) is 0 Å². The topological polar surface area (TPSA) is 447 Å². The van der Waals surface area contributed by atoms with Crippen molar-refractivity contribution < 1.29 is 175 Å². The Morgan fingerprint density at radius 1 is 0.421 bits per heavy atom. The average molecular weight is 2370 g/mol. The third-order valence-electron chi connectivity index (χ3n) is 18.5. The summed E-state index contributed by atoms with van der Waals surface area (Å²) in [6.07, 6.45) is 6.88. The average Bonchev–Trinajstić information content (AvgIpc) is 1.44. The van der Waals surface area contributed by atoms with Crippen molar-refractivity contribution in [3.05, 3.63) is 270 Å². The molecule has 0 saturated carbocycles. The molecule has 133 heavy (non-hydrogen) atoms. The van der Waals surface area contributed by atoms with Crippen LogP contribution < -0.4 is 81.6 Å². The zero-order chi connectivity index (χ0) is 100. The van der Waals surface area contributed by atoms with Crippen LogP contribution in [0.4, 0.5) is 72.3 Å². The molecule has 31 nitrogen and oxygen atoms in total. The van der Waals surface area contributed by atoms with Crippen molar-refractivity contribution in [1.29, 1.82) is 0 Å². The number of benzene rings is 5. The summed E-state index contributed by atoms with van der Waals surface area (Å²) in [6, 6.07) is 15.6. The summed E-state index contributed by atoms with van der Waals surface area (Å²) in [5.41, 5.74) is 4.58. The number of halogens is 20. The molecule has 7 N–H and O–H groups in total. The molecule has 0 unspecified atom stereocenters. The fraction of sp³-hybridized carbons (Fsp3) is 0.247. The number of nitrogens with two attached hydrogens (primary N) is 2. The smallest absolute Gasteiger partial charge is 0.488 e. The van der Waals surface area contributed by atoms with Gasteiger partial charge in [0.1, 0.15) is 88.3 Å². The van der Waals surface area contributed by atoms with Gasteiger partial charge in [-0.05, 0) is 232 Å². The summed E-state index contributed by atoms with van der Waals surface area (Å²) in [5.74, 6) is -7.67. The maximum atomic E-state index is 14.3. The van der Waals surface area contributed by atoms with Gasteiger partial charge in [0.15, 0.2) is 20.6 Å². The number of aromatic nitrogens is 5. The zero-order valence-electron chi connectivity index (χ0n) is 70.3. The van der Waals surface area contributed by atoms with Gasteiger partial charge < -0.3 is 50.3 Å². The number of nitrogens with zero attached hydrogens (tertiary/aromatic N) is 8. The Labute approximate surface area is 862 Å². The van der Waals surface area contributed by atoms with Gasteiger partial charge in [-0.1, -0.05) is 58.0 Å². The second kappa shape index (κ2) is 47.7. The van der Waals surface area contributed by atoms with E-state index in [0.717, 1.165) is 53.1 Å². The minimum atomic E-state index is -5.38. The van der Waals surface area contributed by atoms with Gasteiger partial charge in [-0.3, -0.25) is 19.6 Å². The van der Waals surface area contributed by atoms with Crippen molar-refractivity contribution in [2.75, 3.05) is 18.9 Å². The van der Waals surface area contributed by atoms with Crippen LogP contribution in [0.15, 0.2) is 195 Å². The minimum Gasteiger partial charge on any atom is -0.488 e. The number of nitrogens with one attached hydrogen (secondary N) is 2. The van der Waals surface area contributed by atoms with E-state index in [9.17, 15) is 96.1 Å². The summed E-state index contributed by atoms with van der Waals surface area (Å²) in [5, 5.41) is 16.6. The molecule has 0 spiro atoms. The van der Waals surface area contributed by atoms with Crippen molar-refractivity contribution in [2.45, 2.75) is 141 Å². The standard InChI is InChI=1S/C17H18BClF2N2O4S.C17H8BrClF4N2O4S2.C12H24B2O4.C11H6BrClF2N2O2S.C6H3ClF2O2S.C5H2BrClN2O2.C5H4BrClN2.K.H3N2O/c1-16(2)17(3,4)27-18(26-16)10-7-13(15(19)22-9-10)23-28(24,25)14-6-5-11(20)8-12(14)21;18-9-5-14(17(19)24-8-9)25(30(26,27)15-3-1-10(20)6-12(15)22)31(28,29)16-4-2-11(21)7-13(16)23;1-9(2)10(3,4)16-13(15-9)14-17-11(5,6)12(7,8)18-14;12-6-3-9(11(13)16-5-6)17-20(18,19)10-2-1-7(14)4-8(10)15;7-12(10,11)6-2-1-4(8)3-5(6)9;6-3-1-4(9(10)11)5(7)8-2-3;6-3-1-4(8)5(7)9-2-3;;1-2-3/h5-9,23H,1-4H3;1-8H;1-8H3;1-5,17H;1-3H;1-2H;1-2H,8H2;;3H,1H2/q;;;;;;;+1;-1. The molecule has 5 aromatic heterocycles. The van der Waals surface area contributed by atoms with Crippen LogP contribution in [-0.4, -0.2) is 132 Å². The summed E-state index contributed by atoms with van der Waals surface area (Å²) >= 11 is 40.9. The van der Waals surface area contributed by atoms with E-state index in [1.165, 1.54) is 36.8 Å². The Kier molecular flexibility index (Phi) is 42.4. The molecule has 0 atom stereocenters. The van der Waals surface area contributed by atoms with Crippen LogP contribution in [0, 0.1) is 68.3 Å². The van der Waals surface area contributed by atoms with E-state index in [0.29, 0.717) is 67.7 Å². The van der Waals surface area contributed by atoms with Gasteiger partial charge in [-0.15, -0.1) is 0 Å². The second-order valence-corrected chi connectivity index (χ2v) is 44.5. The Morgan fingerprint density at radius 3 is 1.02 bits per heavy atom. The number of sulfonamides is 4. The second-order valence-electron chi connectivity index (χ2n) is 29.5. The van der Waals surface area contributed by atoms with Crippen molar-refractivity contribution in [1.82, 2.24) is 24.9 Å². The van der Waals surface area contributed by atoms with Crippen LogP contribution >= 0.6 is 132 Å². The summed E-state index contributed by atoms with van der Waals surface area (Å²) < 4.78 is 298. The summed E-state index contributed by atoms with van der Waals surface area (Å²) in [4.78, 5) is 23.7. The first kappa shape index (κ1) is 118. The fourth-order valence-electron chi connectivity index (χ4n) is 10.0. The first-order valence-corrected chi connectivity index (χ1v) is 49.2. The summed E-state index contributed by atoms with van der Waals surface area (Å²) in [7, 11) is -20.4. The van der Waals surface area contributed by atoms with E-state index in [4.69, 9.17) is 108 Å². The Balaban J connectivity index is 0.000000283. The van der Waals surface area contributed by atoms with E-state index in [1.807, 2.05) is 88.7 Å². The van der Waals surface area contributed by atoms with Gasteiger partial charge in [0.05, 0.1) is 55.6 Å². The number of rotatable bonds is 15. The molecule has 8 heterocycles. The molecule has 0 bridgehead atoms. The van der Waals surface area contributed by atoms with Crippen molar-refractivity contribution in [2.24, 2.45) is 5.84 Å². The van der Waals surface area contributed by atoms with E-state index in [-0.39, 0.29) is 127 Å². The van der Waals surface area contributed by atoms with Crippen LogP contribution in [0.25, 0.3) is 5.59 Å². The first-order valence-electron chi connectivity index (χ1n) is 36.0. The SMILES string of the molecule is CC1(C)OB(B2OC(C)(C)C(C)(C)O2)OC1(C)C.CC1(C)OB(c2cnc(Cl)c(NS(=O)(=O)c3ccc(F)cc3F)c2)OC1(C)C.N[N-]O.Nc1cc(Br)cnc1Cl.O=S(=O)(Cl)c1ccc(F)cc1F.O=S(=O)(Nc1cc(Br)cnc1Cl)c1ccc(F)cc1F.O=S(=O)(c1ccc(F)cc1F)N(c1cc(Br)cnc1Cl)S(=O)(=O)c1ccc(F)cc1F.O=[N+]([O-])c1cc(Br)cnc1Cl.[K+]. The molecule has 13 rings (SSSR count). The number of anilines is 4. The molecule has 3 aliphatic heterocycles. The molecule has 0 radical (unpaired) electrons. The van der Waals surface area contributed by atoms with Crippen molar-refractivity contribution in [3.8, 4) is 0 Å². The number of nitro groups is 1. The van der Waals surface area contributed by atoms with Gasteiger partial charge in [-0.25, -0.2) is 94.1 Å². The maximum absolute atomic E-state index is 14.3. The molecule has 60 heteroatoms. The quantitative estimate of drug-likeness (QED) is 0.0121. The molecule has 5 aromatic carbocycles. The third-order valence-corrected chi connectivity index (χ3v) is 30.2. The fourth-order valence-corrected chi connectivity index (χ4v) is 19.2. The Morgan fingerprint density at radius 2 is 0.699 bits per heavy atom. The Hall–Kier alpha value is -5.37. The van der Waals surface area contributed by atoms with Crippen molar-refractivity contribution >= 4 is 237 Å². The molecular weight excluding hydrogens is 2300 g/mol. The number of hydrogen-bond donors (Lipinski definition) is 5. The van der Waals surface area contributed by atoms with E-state index < -0.39 is 180 Å².